The summed E-state index contributed by atoms with van der Waals surface area (Å²) >= 11 is 0. The lowest BCUT2D eigenvalue weighted by Gasteiger charge is -2.07. The van der Waals surface area contributed by atoms with E-state index in [2.05, 4.69) is 0 Å². The quantitative estimate of drug-likeness (QED) is 0.211. The first-order chi connectivity index (χ1) is 13.5. The van der Waals surface area contributed by atoms with E-state index in [1.165, 1.54) is 24.3 Å². The number of fused-ring (bicyclic) bond motifs is 1. The summed E-state index contributed by atoms with van der Waals surface area (Å²) in [6.45, 7) is 1.88. The SMILES string of the molecule is CCc1ccc2c(COC(=O)/C=C/c3ccccc3[N+](=O)[O-])cc(=O)oc2c1. The van der Waals surface area contributed by atoms with Crippen molar-refractivity contribution in [2.75, 3.05) is 0 Å². The Labute approximate surface area is 160 Å². The number of para-hydroxylation sites is 1. The Hall–Kier alpha value is -3.74. The van der Waals surface area contributed by atoms with E-state index in [4.69, 9.17) is 9.15 Å². The van der Waals surface area contributed by atoms with Crippen LogP contribution in [0.4, 0.5) is 5.69 Å². The maximum absolute atomic E-state index is 12.0. The largest absolute Gasteiger partial charge is 0.458 e. The average molecular weight is 379 g/mol. The highest BCUT2D eigenvalue weighted by Crippen LogP contribution is 2.21. The van der Waals surface area contributed by atoms with Gasteiger partial charge < -0.3 is 9.15 Å². The molecular formula is C21H17NO6. The van der Waals surface area contributed by atoms with Crippen LogP contribution in [0.5, 0.6) is 0 Å². The number of carbonyl (C=O) groups excluding carboxylic acids is 1. The minimum absolute atomic E-state index is 0.107. The summed E-state index contributed by atoms with van der Waals surface area (Å²) in [4.78, 5) is 34.3. The number of hydrogen-bond donors (Lipinski definition) is 0. The number of ether oxygens (including phenoxy) is 1. The van der Waals surface area contributed by atoms with Crippen LogP contribution in [0, 0.1) is 10.1 Å². The molecule has 0 spiro atoms. The van der Waals surface area contributed by atoms with Crippen molar-refractivity contribution >= 4 is 28.7 Å². The first-order valence-electron chi connectivity index (χ1n) is 8.62. The summed E-state index contributed by atoms with van der Waals surface area (Å²) in [7, 11) is 0. The van der Waals surface area contributed by atoms with E-state index in [0.717, 1.165) is 18.1 Å². The van der Waals surface area contributed by atoms with E-state index >= 15 is 0 Å². The Balaban J connectivity index is 1.76. The molecular weight excluding hydrogens is 362 g/mol. The third-order valence-corrected chi connectivity index (χ3v) is 4.21. The molecule has 3 aromatic rings. The van der Waals surface area contributed by atoms with Crippen LogP contribution in [-0.4, -0.2) is 10.9 Å². The molecule has 0 radical (unpaired) electrons. The molecule has 0 bridgehead atoms. The minimum atomic E-state index is -0.676. The fourth-order valence-electron chi connectivity index (χ4n) is 2.76. The molecule has 1 heterocycles. The van der Waals surface area contributed by atoms with Gasteiger partial charge >= 0.3 is 11.6 Å². The fourth-order valence-corrected chi connectivity index (χ4v) is 2.76. The van der Waals surface area contributed by atoms with Crippen molar-refractivity contribution in [3.63, 3.8) is 0 Å². The van der Waals surface area contributed by atoms with Gasteiger partial charge in [0.05, 0.1) is 10.5 Å². The number of carbonyl (C=O) groups is 1. The average Bonchev–Trinajstić information content (AvgIpc) is 2.69. The Bertz CT molecular complexity index is 1130. The number of nitrogens with zero attached hydrogens (tertiary/aromatic N) is 1. The maximum atomic E-state index is 12.0. The second-order valence-electron chi connectivity index (χ2n) is 6.03. The number of rotatable bonds is 6. The molecule has 0 aliphatic carbocycles. The van der Waals surface area contributed by atoms with Crippen LogP contribution in [0.15, 0.2) is 63.8 Å². The lowest BCUT2D eigenvalue weighted by atomic mass is 10.1. The Morgan fingerprint density at radius 3 is 2.75 bits per heavy atom. The molecule has 0 N–H and O–H groups in total. The van der Waals surface area contributed by atoms with E-state index in [1.807, 2.05) is 19.1 Å². The molecule has 0 saturated carbocycles. The zero-order valence-corrected chi connectivity index (χ0v) is 15.1. The Morgan fingerprint density at radius 1 is 1.21 bits per heavy atom. The van der Waals surface area contributed by atoms with Crippen molar-refractivity contribution in [2.45, 2.75) is 20.0 Å². The highest BCUT2D eigenvalue weighted by Gasteiger charge is 2.11. The van der Waals surface area contributed by atoms with Crippen LogP contribution in [-0.2, 0) is 22.6 Å². The first-order valence-corrected chi connectivity index (χ1v) is 8.62. The van der Waals surface area contributed by atoms with Crippen LogP contribution in [0.2, 0.25) is 0 Å². The standard InChI is InChI=1S/C21H17NO6/c1-2-14-7-9-17-16(12-21(24)28-19(17)11-14)13-27-20(23)10-8-15-5-3-4-6-18(15)22(25)26/h3-12H,2,13H2,1H3/b10-8+. The van der Waals surface area contributed by atoms with Crippen molar-refractivity contribution in [3.8, 4) is 0 Å². The first kappa shape index (κ1) is 19.0. The summed E-state index contributed by atoms with van der Waals surface area (Å²) < 4.78 is 10.4. The second-order valence-corrected chi connectivity index (χ2v) is 6.03. The van der Waals surface area contributed by atoms with Crippen molar-refractivity contribution in [3.05, 3.63) is 91.8 Å². The third kappa shape index (κ3) is 4.32. The van der Waals surface area contributed by atoms with Crippen LogP contribution in [0.1, 0.15) is 23.6 Å². The van der Waals surface area contributed by atoms with Crippen LogP contribution in [0.3, 0.4) is 0 Å². The highest BCUT2D eigenvalue weighted by molar-refractivity contribution is 5.88. The number of nitro groups is 1. The molecule has 7 nitrogen and oxygen atoms in total. The van der Waals surface area contributed by atoms with Gasteiger partial charge in [0.1, 0.15) is 12.2 Å². The van der Waals surface area contributed by atoms with E-state index in [1.54, 1.807) is 18.2 Å². The molecule has 0 unspecified atom stereocenters. The molecule has 0 saturated heterocycles. The zero-order valence-electron chi connectivity index (χ0n) is 15.1. The molecule has 0 atom stereocenters. The highest BCUT2D eigenvalue weighted by atomic mass is 16.6. The van der Waals surface area contributed by atoms with E-state index in [9.17, 15) is 19.7 Å². The second kappa shape index (κ2) is 8.30. The van der Waals surface area contributed by atoms with Gasteiger partial charge in [0.25, 0.3) is 5.69 Å². The van der Waals surface area contributed by atoms with Crippen molar-refractivity contribution in [2.24, 2.45) is 0 Å². The van der Waals surface area contributed by atoms with Gasteiger partial charge in [-0.1, -0.05) is 31.2 Å². The predicted molar refractivity (Wildman–Crippen MR) is 104 cm³/mol. The van der Waals surface area contributed by atoms with E-state index in [-0.39, 0.29) is 12.3 Å². The van der Waals surface area contributed by atoms with E-state index < -0.39 is 16.5 Å². The number of aryl methyl sites for hydroxylation is 1. The molecule has 7 heteroatoms. The zero-order chi connectivity index (χ0) is 20.1. The predicted octanol–water partition coefficient (Wildman–Crippen LogP) is 4.02. The van der Waals surface area contributed by atoms with Gasteiger partial charge in [-0.3, -0.25) is 10.1 Å². The van der Waals surface area contributed by atoms with Crippen molar-refractivity contribution < 1.29 is 18.9 Å². The minimum Gasteiger partial charge on any atom is -0.458 e. The summed E-state index contributed by atoms with van der Waals surface area (Å²) in [6, 6.07) is 12.9. The summed E-state index contributed by atoms with van der Waals surface area (Å²) in [5.74, 6) is -0.676. The molecule has 2 aromatic carbocycles. The summed E-state index contributed by atoms with van der Waals surface area (Å²) in [5.41, 5.74) is 1.65. The molecule has 3 rings (SSSR count). The number of esters is 1. The fraction of sp³-hybridized carbons (Fsp3) is 0.143. The van der Waals surface area contributed by atoms with E-state index in [0.29, 0.717) is 22.1 Å². The van der Waals surface area contributed by atoms with Crippen LogP contribution < -0.4 is 5.63 Å². The van der Waals surface area contributed by atoms with Gasteiger partial charge in [-0.05, 0) is 30.2 Å². The molecule has 0 aliphatic rings. The Kier molecular flexibility index (Phi) is 5.64. The summed E-state index contributed by atoms with van der Waals surface area (Å²) in [5, 5.41) is 11.7. The normalized spacial score (nSPS) is 11.0. The number of hydrogen-bond acceptors (Lipinski definition) is 6. The number of nitro benzene ring substituents is 1. The monoisotopic (exact) mass is 379 g/mol. The maximum Gasteiger partial charge on any atom is 0.336 e. The van der Waals surface area contributed by atoms with Crippen molar-refractivity contribution in [1.82, 2.24) is 0 Å². The third-order valence-electron chi connectivity index (χ3n) is 4.21. The molecule has 142 valence electrons. The lowest BCUT2D eigenvalue weighted by Crippen LogP contribution is -2.06. The molecule has 28 heavy (non-hydrogen) atoms. The topological polar surface area (TPSA) is 99.6 Å². The van der Waals surface area contributed by atoms with Gasteiger partial charge in [-0.15, -0.1) is 0 Å². The van der Waals surface area contributed by atoms with Crippen molar-refractivity contribution in [1.29, 1.82) is 0 Å². The van der Waals surface area contributed by atoms with Gasteiger partial charge in [-0.25, -0.2) is 9.59 Å². The molecule has 0 amide bonds. The Morgan fingerprint density at radius 2 is 2.00 bits per heavy atom. The van der Waals surface area contributed by atoms with Gasteiger partial charge in [0.15, 0.2) is 0 Å². The van der Waals surface area contributed by atoms with Gasteiger partial charge in [0.2, 0.25) is 0 Å². The summed E-state index contributed by atoms with van der Waals surface area (Å²) in [6.07, 6.45) is 3.24. The van der Waals surface area contributed by atoms with Gasteiger partial charge in [-0.2, -0.15) is 0 Å². The smallest absolute Gasteiger partial charge is 0.336 e. The van der Waals surface area contributed by atoms with Crippen LogP contribution >= 0.6 is 0 Å². The molecule has 0 aliphatic heterocycles. The lowest BCUT2D eigenvalue weighted by molar-refractivity contribution is -0.385. The van der Waals surface area contributed by atoms with Crippen LogP contribution in [0.25, 0.3) is 17.0 Å². The van der Waals surface area contributed by atoms with Gasteiger partial charge in [0, 0.05) is 29.2 Å². The molecule has 1 aromatic heterocycles. The molecule has 0 fully saturated rings. The number of benzene rings is 2.